The molecule has 0 saturated carbocycles. The zero-order chi connectivity index (χ0) is 22.5. The van der Waals surface area contributed by atoms with Gasteiger partial charge in [-0.05, 0) is 67.6 Å². The maximum absolute atomic E-state index is 12.1. The fraction of sp³-hybridized carbons (Fsp3) is 0.300. The number of anilines is 1. The summed E-state index contributed by atoms with van der Waals surface area (Å²) in [7, 11) is 2.90. The summed E-state index contributed by atoms with van der Waals surface area (Å²) in [5.74, 6) is 0.648. The molecule has 1 heterocycles. The molecule has 1 N–H and O–H groups in total. The standard InChI is InChI=1S/C20H22IN3O6/c1-20(2,3)30-19(25)23-15-11-16(24(26)27)12(10-17(15)28-4)6-7-13-14(21)8-9-22-18(13)29-5/h6-11H,1-5H3,(H,23,25). The molecule has 0 spiro atoms. The minimum atomic E-state index is -0.743. The van der Waals surface area contributed by atoms with Crippen molar-refractivity contribution in [3.8, 4) is 11.6 Å². The van der Waals surface area contributed by atoms with Gasteiger partial charge in [0.05, 0.1) is 36.0 Å². The number of pyridine rings is 1. The number of rotatable bonds is 6. The van der Waals surface area contributed by atoms with Crippen LogP contribution in [0, 0.1) is 13.7 Å². The number of carbonyl (C=O) groups excluding carboxylic acids is 1. The number of ether oxygens (including phenoxy) is 3. The van der Waals surface area contributed by atoms with E-state index < -0.39 is 16.6 Å². The van der Waals surface area contributed by atoms with Gasteiger partial charge in [0, 0.05) is 15.8 Å². The van der Waals surface area contributed by atoms with Gasteiger partial charge in [0.1, 0.15) is 11.4 Å². The number of amides is 1. The number of benzene rings is 1. The highest BCUT2D eigenvalue weighted by Crippen LogP contribution is 2.35. The zero-order valence-electron chi connectivity index (χ0n) is 17.2. The molecule has 0 saturated heterocycles. The first-order valence-electron chi connectivity index (χ1n) is 8.78. The van der Waals surface area contributed by atoms with Gasteiger partial charge < -0.3 is 14.2 Å². The predicted molar refractivity (Wildman–Crippen MR) is 122 cm³/mol. The lowest BCUT2D eigenvalue weighted by Gasteiger charge is -2.20. The molecular formula is C20H22IN3O6. The number of carbonyl (C=O) groups is 1. The molecule has 0 unspecified atom stereocenters. The maximum atomic E-state index is 12.1. The molecule has 2 aromatic rings. The van der Waals surface area contributed by atoms with Gasteiger partial charge in [0.15, 0.2) is 0 Å². The van der Waals surface area contributed by atoms with Gasteiger partial charge in [-0.15, -0.1) is 0 Å². The summed E-state index contributed by atoms with van der Waals surface area (Å²) in [6.45, 7) is 5.15. The minimum Gasteiger partial charge on any atom is -0.495 e. The van der Waals surface area contributed by atoms with Crippen LogP contribution in [0.25, 0.3) is 12.2 Å². The van der Waals surface area contributed by atoms with Gasteiger partial charge in [0.2, 0.25) is 5.88 Å². The largest absolute Gasteiger partial charge is 0.495 e. The molecular weight excluding hydrogens is 505 g/mol. The molecule has 30 heavy (non-hydrogen) atoms. The van der Waals surface area contributed by atoms with E-state index in [-0.39, 0.29) is 22.7 Å². The Morgan fingerprint density at radius 1 is 1.23 bits per heavy atom. The van der Waals surface area contributed by atoms with E-state index in [2.05, 4.69) is 32.9 Å². The van der Waals surface area contributed by atoms with Crippen LogP contribution in [-0.4, -0.2) is 35.8 Å². The van der Waals surface area contributed by atoms with Crippen LogP contribution in [0.4, 0.5) is 16.2 Å². The second-order valence-electron chi connectivity index (χ2n) is 7.04. The van der Waals surface area contributed by atoms with Gasteiger partial charge in [-0.2, -0.15) is 0 Å². The van der Waals surface area contributed by atoms with E-state index in [4.69, 9.17) is 14.2 Å². The first-order valence-corrected chi connectivity index (χ1v) is 9.86. The molecule has 0 atom stereocenters. The SMILES string of the molecule is COc1cc(C=Cc2c(I)ccnc2OC)c([N+](=O)[O-])cc1NC(=O)OC(C)(C)C. The van der Waals surface area contributed by atoms with E-state index in [9.17, 15) is 14.9 Å². The number of hydrogen-bond donors (Lipinski definition) is 1. The van der Waals surface area contributed by atoms with Gasteiger partial charge in [-0.3, -0.25) is 15.4 Å². The fourth-order valence-electron chi connectivity index (χ4n) is 2.47. The van der Waals surface area contributed by atoms with Crippen molar-refractivity contribution in [3.05, 3.63) is 49.2 Å². The molecule has 0 bridgehead atoms. The third kappa shape index (κ3) is 6.05. The van der Waals surface area contributed by atoms with E-state index in [1.54, 1.807) is 45.2 Å². The molecule has 2 rings (SSSR count). The van der Waals surface area contributed by atoms with Crippen LogP contribution >= 0.6 is 22.6 Å². The van der Waals surface area contributed by atoms with Gasteiger partial charge in [0.25, 0.3) is 5.69 Å². The summed E-state index contributed by atoms with van der Waals surface area (Å²) in [4.78, 5) is 27.3. The molecule has 0 aliphatic heterocycles. The molecule has 1 aromatic heterocycles. The number of nitrogens with zero attached hydrogens (tertiary/aromatic N) is 2. The van der Waals surface area contributed by atoms with Crippen LogP contribution in [-0.2, 0) is 4.74 Å². The number of nitro benzene ring substituents is 1. The second kappa shape index (κ2) is 9.74. The molecule has 0 fully saturated rings. The number of nitrogens with one attached hydrogen (secondary N) is 1. The molecule has 0 aliphatic carbocycles. The molecule has 10 heteroatoms. The lowest BCUT2D eigenvalue weighted by Crippen LogP contribution is -2.27. The lowest BCUT2D eigenvalue weighted by molar-refractivity contribution is -0.385. The van der Waals surface area contributed by atoms with E-state index in [0.29, 0.717) is 11.4 Å². The van der Waals surface area contributed by atoms with E-state index in [1.165, 1.54) is 26.4 Å². The van der Waals surface area contributed by atoms with Crippen molar-refractivity contribution >= 4 is 52.2 Å². The number of aromatic nitrogens is 1. The predicted octanol–water partition coefficient (Wildman–Crippen LogP) is 5.13. The van der Waals surface area contributed by atoms with Gasteiger partial charge in [-0.1, -0.05) is 0 Å². The summed E-state index contributed by atoms with van der Waals surface area (Å²) in [6, 6.07) is 4.50. The molecule has 1 amide bonds. The Labute approximate surface area is 187 Å². The first kappa shape index (κ1) is 23.4. The van der Waals surface area contributed by atoms with Crippen molar-refractivity contribution in [2.45, 2.75) is 26.4 Å². The lowest BCUT2D eigenvalue weighted by atomic mass is 10.1. The summed E-state index contributed by atoms with van der Waals surface area (Å²) in [5, 5.41) is 14.1. The van der Waals surface area contributed by atoms with Crippen molar-refractivity contribution in [2.75, 3.05) is 19.5 Å². The summed E-state index contributed by atoms with van der Waals surface area (Å²) < 4.78 is 16.6. The molecule has 0 radical (unpaired) electrons. The fourth-order valence-corrected chi connectivity index (χ4v) is 3.05. The molecule has 0 aliphatic rings. The van der Waals surface area contributed by atoms with Crippen LogP contribution in [0.5, 0.6) is 11.6 Å². The van der Waals surface area contributed by atoms with Crippen molar-refractivity contribution in [1.29, 1.82) is 0 Å². The minimum absolute atomic E-state index is 0.129. The summed E-state index contributed by atoms with van der Waals surface area (Å²) in [5.41, 5.74) is 0.171. The zero-order valence-corrected chi connectivity index (χ0v) is 19.3. The Bertz CT molecular complexity index is 985. The van der Waals surface area contributed by atoms with Crippen molar-refractivity contribution in [2.24, 2.45) is 0 Å². The Kier molecular flexibility index (Phi) is 7.59. The van der Waals surface area contributed by atoms with Crippen molar-refractivity contribution in [1.82, 2.24) is 4.98 Å². The normalized spacial score (nSPS) is 11.3. The number of methoxy groups -OCH3 is 2. The van der Waals surface area contributed by atoms with Crippen LogP contribution < -0.4 is 14.8 Å². The Hall–Kier alpha value is -2.89. The smallest absolute Gasteiger partial charge is 0.412 e. The Morgan fingerprint density at radius 3 is 2.50 bits per heavy atom. The molecule has 160 valence electrons. The number of halogens is 1. The third-order valence-electron chi connectivity index (χ3n) is 3.70. The van der Waals surface area contributed by atoms with E-state index >= 15 is 0 Å². The number of hydrogen-bond acceptors (Lipinski definition) is 7. The topological polar surface area (TPSA) is 113 Å². The highest BCUT2D eigenvalue weighted by Gasteiger charge is 2.22. The van der Waals surface area contributed by atoms with Crippen LogP contribution in [0.15, 0.2) is 24.4 Å². The van der Waals surface area contributed by atoms with Crippen LogP contribution in [0.2, 0.25) is 0 Å². The van der Waals surface area contributed by atoms with E-state index in [1.807, 2.05) is 0 Å². The quantitative estimate of drug-likeness (QED) is 0.315. The monoisotopic (exact) mass is 527 g/mol. The van der Waals surface area contributed by atoms with Crippen molar-refractivity contribution in [3.63, 3.8) is 0 Å². The maximum Gasteiger partial charge on any atom is 0.412 e. The summed E-state index contributed by atoms with van der Waals surface area (Å²) in [6.07, 6.45) is 4.12. The Morgan fingerprint density at radius 2 is 1.93 bits per heavy atom. The highest BCUT2D eigenvalue weighted by molar-refractivity contribution is 14.1. The van der Waals surface area contributed by atoms with Crippen molar-refractivity contribution < 1.29 is 23.9 Å². The van der Waals surface area contributed by atoms with Crippen LogP contribution in [0.3, 0.4) is 0 Å². The molecule has 1 aromatic carbocycles. The van der Waals surface area contributed by atoms with Gasteiger partial charge in [-0.25, -0.2) is 9.78 Å². The first-order chi connectivity index (χ1) is 14.1. The Balaban J connectivity index is 2.47. The molecule has 9 nitrogen and oxygen atoms in total. The second-order valence-corrected chi connectivity index (χ2v) is 8.21. The summed E-state index contributed by atoms with van der Waals surface area (Å²) >= 11 is 2.13. The van der Waals surface area contributed by atoms with Crippen LogP contribution in [0.1, 0.15) is 31.9 Å². The van der Waals surface area contributed by atoms with Gasteiger partial charge >= 0.3 is 6.09 Å². The number of nitro groups is 1. The third-order valence-corrected chi connectivity index (χ3v) is 4.65. The average Bonchev–Trinajstić information content (AvgIpc) is 2.65. The highest BCUT2D eigenvalue weighted by atomic mass is 127. The average molecular weight is 527 g/mol. The van der Waals surface area contributed by atoms with E-state index in [0.717, 1.165) is 3.57 Å².